The fourth-order valence-corrected chi connectivity index (χ4v) is 3.23. The van der Waals surface area contributed by atoms with E-state index in [4.69, 9.17) is 4.74 Å². The minimum Gasteiger partial charge on any atom is -0.465 e. The van der Waals surface area contributed by atoms with Crippen molar-refractivity contribution in [1.82, 2.24) is 5.32 Å². The molecule has 5 heteroatoms. The molecule has 0 radical (unpaired) electrons. The lowest BCUT2D eigenvalue weighted by molar-refractivity contribution is 0.0600. The number of ether oxygens (including phenoxy) is 1. The molecule has 0 atom stereocenters. The van der Waals surface area contributed by atoms with E-state index in [9.17, 15) is 9.59 Å². The first kappa shape index (κ1) is 17.0. The summed E-state index contributed by atoms with van der Waals surface area (Å²) in [5.74, 6) is -0.429. The smallest absolute Gasteiger partial charge is 0.337 e. The zero-order valence-corrected chi connectivity index (χ0v) is 14.2. The highest BCUT2D eigenvalue weighted by Crippen LogP contribution is 2.43. The van der Waals surface area contributed by atoms with Crippen LogP contribution in [0.3, 0.4) is 0 Å². The van der Waals surface area contributed by atoms with Crippen LogP contribution in [-0.2, 0) is 10.2 Å². The summed E-state index contributed by atoms with van der Waals surface area (Å²) in [7, 11) is 1.33. The molecule has 0 saturated heterocycles. The highest BCUT2D eigenvalue weighted by atomic mass is 16.5. The Hall–Kier alpha value is -2.82. The Balaban J connectivity index is 1.61. The van der Waals surface area contributed by atoms with Gasteiger partial charge in [-0.05, 0) is 36.6 Å². The van der Waals surface area contributed by atoms with Crippen LogP contribution in [0.4, 0.5) is 10.5 Å². The Labute approximate surface area is 147 Å². The van der Waals surface area contributed by atoms with Crippen LogP contribution < -0.4 is 10.6 Å². The molecular formula is C20H22N2O3. The number of nitrogens with one attached hydrogen (secondary N) is 2. The monoisotopic (exact) mass is 338 g/mol. The molecule has 1 aliphatic rings. The van der Waals surface area contributed by atoms with Crippen molar-refractivity contribution in [2.45, 2.75) is 24.7 Å². The molecule has 0 bridgehead atoms. The molecule has 2 N–H and O–H groups in total. The number of hydrogen-bond donors (Lipinski definition) is 2. The molecule has 2 aromatic carbocycles. The summed E-state index contributed by atoms with van der Waals surface area (Å²) in [5, 5.41) is 5.74. The normalized spacial score (nSPS) is 14.9. The Bertz CT molecular complexity index is 755. The Kier molecular flexibility index (Phi) is 5.03. The number of rotatable bonds is 5. The Morgan fingerprint density at radius 1 is 1.08 bits per heavy atom. The average Bonchev–Trinajstić information content (AvgIpc) is 2.61. The minimum absolute atomic E-state index is 0.0342. The second-order valence-corrected chi connectivity index (χ2v) is 6.38. The fraction of sp³-hybridized carbons (Fsp3) is 0.300. The lowest BCUT2D eigenvalue weighted by Crippen LogP contribution is -2.46. The number of urea groups is 1. The van der Waals surface area contributed by atoms with Crippen molar-refractivity contribution >= 4 is 17.7 Å². The van der Waals surface area contributed by atoms with Crippen LogP contribution >= 0.6 is 0 Å². The Morgan fingerprint density at radius 2 is 1.84 bits per heavy atom. The van der Waals surface area contributed by atoms with E-state index >= 15 is 0 Å². The maximum atomic E-state index is 12.2. The summed E-state index contributed by atoms with van der Waals surface area (Å²) < 4.78 is 4.69. The largest absolute Gasteiger partial charge is 0.465 e. The summed E-state index contributed by atoms with van der Waals surface area (Å²) in [5.41, 5.74) is 2.27. The zero-order valence-electron chi connectivity index (χ0n) is 14.2. The van der Waals surface area contributed by atoms with Gasteiger partial charge in [-0.15, -0.1) is 0 Å². The molecule has 1 fully saturated rings. The van der Waals surface area contributed by atoms with Crippen LogP contribution in [-0.4, -0.2) is 25.7 Å². The number of hydrogen-bond acceptors (Lipinski definition) is 3. The van der Waals surface area contributed by atoms with E-state index in [0.717, 1.165) is 12.8 Å². The molecule has 0 aliphatic heterocycles. The first-order valence-corrected chi connectivity index (χ1v) is 8.42. The molecule has 130 valence electrons. The van der Waals surface area contributed by atoms with Gasteiger partial charge in [0.25, 0.3) is 0 Å². The fourth-order valence-electron chi connectivity index (χ4n) is 3.23. The van der Waals surface area contributed by atoms with Gasteiger partial charge in [0, 0.05) is 17.6 Å². The van der Waals surface area contributed by atoms with Gasteiger partial charge < -0.3 is 15.4 Å². The Morgan fingerprint density at radius 3 is 2.48 bits per heavy atom. The van der Waals surface area contributed by atoms with Crippen LogP contribution in [0.15, 0.2) is 54.6 Å². The number of benzene rings is 2. The maximum absolute atomic E-state index is 12.2. The molecule has 0 heterocycles. The predicted molar refractivity (Wildman–Crippen MR) is 96.8 cm³/mol. The van der Waals surface area contributed by atoms with Crippen LogP contribution in [0.5, 0.6) is 0 Å². The van der Waals surface area contributed by atoms with Crippen molar-refractivity contribution in [3.63, 3.8) is 0 Å². The summed E-state index contributed by atoms with van der Waals surface area (Å²) in [6.07, 6.45) is 3.34. The van der Waals surface area contributed by atoms with Gasteiger partial charge in [0.15, 0.2) is 0 Å². The van der Waals surface area contributed by atoms with Gasteiger partial charge >= 0.3 is 12.0 Å². The highest BCUT2D eigenvalue weighted by molar-refractivity contribution is 5.93. The number of carbonyl (C=O) groups is 2. The van der Waals surface area contributed by atoms with E-state index in [1.807, 2.05) is 18.2 Å². The quantitative estimate of drug-likeness (QED) is 0.817. The number of methoxy groups -OCH3 is 1. The van der Waals surface area contributed by atoms with Crippen molar-refractivity contribution in [3.8, 4) is 0 Å². The lowest BCUT2D eigenvalue weighted by atomic mass is 9.64. The molecule has 1 saturated carbocycles. The molecule has 0 spiro atoms. The highest BCUT2D eigenvalue weighted by Gasteiger charge is 2.38. The third-order valence-electron chi connectivity index (χ3n) is 4.83. The van der Waals surface area contributed by atoms with Crippen LogP contribution in [0.25, 0.3) is 0 Å². The summed E-state index contributed by atoms with van der Waals surface area (Å²) in [6, 6.07) is 16.7. The van der Waals surface area contributed by atoms with E-state index in [2.05, 4.69) is 22.8 Å². The van der Waals surface area contributed by atoms with Gasteiger partial charge in [-0.25, -0.2) is 9.59 Å². The van der Waals surface area contributed by atoms with Gasteiger partial charge in [-0.1, -0.05) is 42.8 Å². The van der Waals surface area contributed by atoms with Crippen molar-refractivity contribution in [2.24, 2.45) is 0 Å². The summed E-state index contributed by atoms with van der Waals surface area (Å²) >= 11 is 0. The van der Waals surface area contributed by atoms with E-state index < -0.39 is 5.97 Å². The van der Waals surface area contributed by atoms with Gasteiger partial charge in [-0.3, -0.25) is 0 Å². The molecule has 5 nitrogen and oxygen atoms in total. The molecule has 2 aromatic rings. The number of esters is 1. The van der Waals surface area contributed by atoms with Crippen molar-refractivity contribution in [3.05, 3.63) is 65.7 Å². The minimum atomic E-state index is -0.429. The van der Waals surface area contributed by atoms with Crippen molar-refractivity contribution in [2.75, 3.05) is 19.0 Å². The molecule has 3 rings (SSSR count). The summed E-state index contributed by atoms with van der Waals surface area (Å²) in [4.78, 5) is 23.8. The molecule has 0 unspecified atom stereocenters. The van der Waals surface area contributed by atoms with Crippen molar-refractivity contribution in [1.29, 1.82) is 0 Å². The number of amides is 2. The molecule has 25 heavy (non-hydrogen) atoms. The van der Waals surface area contributed by atoms with Gasteiger partial charge in [-0.2, -0.15) is 0 Å². The van der Waals surface area contributed by atoms with Gasteiger partial charge in [0.1, 0.15) is 0 Å². The standard InChI is InChI=1S/C20H22N2O3/c1-25-18(23)15-7-5-10-17(13-15)22-19(24)21-14-20(11-6-12-20)16-8-3-2-4-9-16/h2-5,7-10,13H,6,11-12,14H2,1H3,(H2,21,22,24). The number of carbonyl (C=O) groups excluding carboxylic acids is 2. The maximum Gasteiger partial charge on any atom is 0.337 e. The third kappa shape index (κ3) is 3.82. The molecule has 1 aliphatic carbocycles. The summed E-state index contributed by atoms with van der Waals surface area (Å²) in [6.45, 7) is 0.597. The van der Waals surface area contributed by atoms with Gasteiger partial charge in [0.2, 0.25) is 0 Å². The van der Waals surface area contributed by atoms with Crippen LogP contribution in [0, 0.1) is 0 Å². The second-order valence-electron chi connectivity index (χ2n) is 6.38. The van der Waals surface area contributed by atoms with E-state index in [-0.39, 0.29) is 11.4 Å². The van der Waals surface area contributed by atoms with E-state index in [0.29, 0.717) is 17.8 Å². The molecule has 0 aromatic heterocycles. The SMILES string of the molecule is COC(=O)c1cccc(NC(=O)NCC2(c3ccccc3)CCC2)c1. The zero-order chi connectivity index (χ0) is 17.7. The van der Waals surface area contributed by atoms with Crippen LogP contribution in [0.2, 0.25) is 0 Å². The third-order valence-corrected chi connectivity index (χ3v) is 4.83. The topological polar surface area (TPSA) is 67.4 Å². The van der Waals surface area contributed by atoms with Crippen LogP contribution in [0.1, 0.15) is 35.2 Å². The first-order chi connectivity index (χ1) is 12.1. The lowest BCUT2D eigenvalue weighted by Gasteiger charge is -2.42. The average molecular weight is 338 g/mol. The first-order valence-electron chi connectivity index (χ1n) is 8.42. The van der Waals surface area contributed by atoms with E-state index in [1.54, 1.807) is 24.3 Å². The number of anilines is 1. The van der Waals surface area contributed by atoms with Crippen molar-refractivity contribution < 1.29 is 14.3 Å². The molecule has 2 amide bonds. The predicted octanol–water partition coefficient (Wildman–Crippen LogP) is 3.72. The van der Waals surface area contributed by atoms with E-state index in [1.165, 1.54) is 19.1 Å². The second kappa shape index (κ2) is 7.38. The van der Waals surface area contributed by atoms with Gasteiger partial charge in [0.05, 0.1) is 12.7 Å². The molecular weight excluding hydrogens is 316 g/mol.